The van der Waals surface area contributed by atoms with Gasteiger partial charge in [-0.05, 0) is 6.37 Å². The normalized spacial score (nSPS) is 21.3. The highest BCUT2D eigenvalue weighted by Crippen LogP contribution is 1.93. The Morgan fingerprint density at radius 2 is 2.10 bits per heavy atom. The van der Waals surface area contributed by atoms with Gasteiger partial charge in [-0.25, -0.2) is 0 Å². The quantitative estimate of drug-likeness (QED) is 0.491. The molecule has 1 atom stereocenters. The molecule has 0 bridgehead atoms. The van der Waals surface area contributed by atoms with Gasteiger partial charge in [0.05, 0.1) is 0 Å². The van der Waals surface area contributed by atoms with E-state index in [0.717, 1.165) is 0 Å². The van der Waals surface area contributed by atoms with Crippen molar-refractivity contribution < 1.29 is 25.3 Å². The number of rotatable bonds is 4. The summed E-state index contributed by atoms with van der Waals surface area (Å²) in [4.78, 5) is 20.6. The fourth-order valence-corrected chi connectivity index (χ4v) is 0.201. The number of nitrogens with two attached hydrogens (primary N) is 1. The fraction of sp³-hybridized carbons (Fsp3) is 0.600. The van der Waals surface area contributed by atoms with Crippen LogP contribution in [0, 0.1) is 0 Å². The molecule has 0 aliphatic heterocycles. The fourth-order valence-electron chi connectivity index (χ4n) is 0.201. The van der Waals surface area contributed by atoms with Crippen LogP contribution in [-0.2, 0) is 9.59 Å². The van der Waals surface area contributed by atoms with Crippen LogP contribution in [0.3, 0.4) is 0 Å². The van der Waals surface area contributed by atoms with E-state index in [1.54, 1.807) is 0 Å². The minimum atomic E-state index is -3.36. The molecule has 0 saturated carbocycles. The van der Waals surface area contributed by atoms with Crippen molar-refractivity contribution in [2.75, 3.05) is 0 Å². The SMILES string of the molecule is [2H]C([2H])(C(=O)O)C([2H])([2H])[C@H](N)C(=O)O. The molecule has 5 nitrogen and oxygen atoms in total. The highest BCUT2D eigenvalue weighted by Gasteiger charge is 2.12. The molecule has 0 fully saturated rings. The van der Waals surface area contributed by atoms with Crippen molar-refractivity contribution in [1.29, 1.82) is 0 Å². The number of hydrogen-bond acceptors (Lipinski definition) is 3. The molecule has 5 heteroatoms. The Morgan fingerprint density at radius 1 is 1.60 bits per heavy atom. The number of carbonyl (C=O) groups is 2. The van der Waals surface area contributed by atoms with Gasteiger partial charge in [0.15, 0.2) is 0 Å². The summed E-state index contributed by atoms with van der Waals surface area (Å²) in [5.74, 6) is -3.90. The molecule has 0 aliphatic rings. The molecule has 0 radical (unpaired) electrons. The van der Waals surface area contributed by atoms with Crippen molar-refractivity contribution in [2.24, 2.45) is 5.73 Å². The molecule has 4 N–H and O–H groups in total. The zero-order chi connectivity index (χ0) is 11.7. The van der Waals surface area contributed by atoms with E-state index in [9.17, 15) is 9.59 Å². The molecule has 10 heavy (non-hydrogen) atoms. The number of carboxylic acid groups (broad SMARTS) is 2. The second-order valence-corrected chi connectivity index (χ2v) is 1.39. The lowest BCUT2D eigenvalue weighted by Gasteiger charge is -2.01. The van der Waals surface area contributed by atoms with Gasteiger partial charge in [-0.15, -0.1) is 0 Å². The van der Waals surface area contributed by atoms with Crippen LogP contribution in [0.5, 0.6) is 0 Å². The Balaban J connectivity index is 5.13. The molecule has 0 aliphatic carbocycles. The van der Waals surface area contributed by atoms with Crippen molar-refractivity contribution in [1.82, 2.24) is 0 Å². The first-order valence-electron chi connectivity index (χ1n) is 4.27. The van der Waals surface area contributed by atoms with Gasteiger partial charge in [0.1, 0.15) is 6.04 Å². The number of carboxylic acids is 2. The van der Waals surface area contributed by atoms with E-state index in [1.807, 2.05) is 0 Å². The van der Waals surface area contributed by atoms with E-state index in [2.05, 4.69) is 0 Å². The monoisotopic (exact) mass is 151 g/mol. The maximum Gasteiger partial charge on any atom is 0.320 e. The highest BCUT2D eigenvalue weighted by molar-refractivity contribution is 5.74. The Hall–Kier alpha value is -1.10. The van der Waals surface area contributed by atoms with E-state index >= 15 is 0 Å². The van der Waals surface area contributed by atoms with E-state index in [-0.39, 0.29) is 0 Å². The van der Waals surface area contributed by atoms with Gasteiger partial charge in [-0.3, -0.25) is 9.59 Å². The predicted octanol–water partition coefficient (Wildman–Crippen LogP) is -0.737. The molecule has 0 heterocycles. The van der Waals surface area contributed by atoms with Crippen LogP contribution >= 0.6 is 0 Å². The van der Waals surface area contributed by atoms with Crippen LogP contribution < -0.4 is 5.73 Å². The maximum atomic E-state index is 10.3. The molecular formula is C5H9NO4. The van der Waals surface area contributed by atoms with E-state index in [0.29, 0.717) is 0 Å². The van der Waals surface area contributed by atoms with Gasteiger partial charge in [0, 0.05) is 11.9 Å². The number of hydrogen-bond donors (Lipinski definition) is 3. The summed E-state index contributed by atoms with van der Waals surface area (Å²) < 4.78 is 27.7. The second-order valence-electron chi connectivity index (χ2n) is 1.39. The Bertz CT molecular complexity index is 266. The van der Waals surface area contributed by atoms with Crippen LogP contribution in [0.25, 0.3) is 0 Å². The lowest BCUT2D eigenvalue weighted by Crippen LogP contribution is -2.30. The lowest BCUT2D eigenvalue weighted by molar-refractivity contribution is -0.139. The van der Waals surface area contributed by atoms with Crippen molar-refractivity contribution >= 4 is 11.9 Å². The highest BCUT2D eigenvalue weighted by atomic mass is 16.4. The summed E-state index contributed by atoms with van der Waals surface area (Å²) in [7, 11) is 0. The minimum Gasteiger partial charge on any atom is -0.481 e. The third-order valence-electron chi connectivity index (χ3n) is 0.601. The first-order valence-corrected chi connectivity index (χ1v) is 2.27. The summed E-state index contributed by atoms with van der Waals surface area (Å²) in [6.07, 6.45) is -6.55. The topological polar surface area (TPSA) is 101 Å². The zero-order valence-electron chi connectivity index (χ0n) is 8.87. The van der Waals surface area contributed by atoms with Crippen molar-refractivity contribution in [3.05, 3.63) is 0 Å². The van der Waals surface area contributed by atoms with Gasteiger partial charge < -0.3 is 15.9 Å². The molecule has 0 rings (SSSR count). The maximum absolute atomic E-state index is 10.3. The van der Waals surface area contributed by atoms with Gasteiger partial charge >= 0.3 is 11.9 Å². The van der Waals surface area contributed by atoms with E-state index in [4.69, 9.17) is 21.4 Å². The van der Waals surface area contributed by atoms with Gasteiger partial charge in [-0.1, -0.05) is 0 Å². The van der Waals surface area contributed by atoms with E-state index < -0.39 is 30.7 Å². The van der Waals surface area contributed by atoms with Crippen molar-refractivity contribution in [2.45, 2.75) is 18.8 Å². The van der Waals surface area contributed by atoms with Crippen LogP contribution in [0.2, 0.25) is 0 Å². The van der Waals surface area contributed by atoms with Crippen molar-refractivity contribution in [3.63, 3.8) is 0 Å². The third kappa shape index (κ3) is 3.85. The molecule has 0 amide bonds. The molecule has 0 spiro atoms. The summed E-state index contributed by atoms with van der Waals surface area (Å²) in [5.41, 5.74) is 4.84. The summed E-state index contributed by atoms with van der Waals surface area (Å²) in [6.45, 7) is 0. The first kappa shape index (κ1) is 3.92. The van der Waals surface area contributed by atoms with Crippen LogP contribution in [0.4, 0.5) is 0 Å². The molecule has 0 aromatic carbocycles. The van der Waals surface area contributed by atoms with Gasteiger partial charge in [0.25, 0.3) is 0 Å². The third-order valence-corrected chi connectivity index (χ3v) is 0.601. The molecule has 0 saturated heterocycles. The van der Waals surface area contributed by atoms with Crippen LogP contribution in [0.1, 0.15) is 18.2 Å². The van der Waals surface area contributed by atoms with E-state index in [1.165, 1.54) is 0 Å². The molecule has 0 unspecified atom stereocenters. The second kappa shape index (κ2) is 3.84. The van der Waals surface area contributed by atoms with Crippen LogP contribution in [0.15, 0.2) is 0 Å². The predicted molar refractivity (Wildman–Crippen MR) is 32.5 cm³/mol. The first-order chi connectivity index (χ1) is 6.05. The molecule has 0 aromatic heterocycles. The average Bonchev–Trinajstić information content (AvgIpc) is 2.01. The summed E-state index contributed by atoms with van der Waals surface area (Å²) in [6, 6.07) is -2.24. The number of aliphatic carboxylic acids is 2. The van der Waals surface area contributed by atoms with Gasteiger partial charge in [-0.2, -0.15) is 0 Å². The summed E-state index contributed by atoms with van der Waals surface area (Å²) >= 11 is 0. The smallest absolute Gasteiger partial charge is 0.320 e. The summed E-state index contributed by atoms with van der Waals surface area (Å²) in [5, 5.41) is 16.7. The average molecular weight is 151 g/mol. The Kier molecular flexibility index (Phi) is 1.51. The van der Waals surface area contributed by atoms with Gasteiger partial charge in [0.2, 0.25) is 0 Å². The standard InChI is InChI=1S/C5H9NO4/c6-3(5(9)10)1-2-4(7)8/h3H,1-2,6H2,(H,7,8)(H,9,10)/t3-/m0/s1/i1D2,2D2. The van der Waals surface area contributed by atoms with Crippen LogP contribution in [-0.4, -0.2) is 28.2 Å². The molecular weight excluding hydrogens is 138 g/mol. The molecule has 58 valence electrons. The van der Waals surface area contributed by atoms with Crippen molar-refractivity contribution in [3.8, 4) is 0 Å². The minimum absolute atomic E-state index is 1.81. The lowest BCUT2D eigenvalue weighted by atomic mass is 10.2. The zero-order valence-corrected chi connectivity index (χ0v) is 4.87. The largest absolute Gasteiger partial charge is 0.481 e. The molecule has 0 aromatic rings. The Labute approximate surface area is 63.1 Å². The Morgan fingerprint density at radius 3 is 2.40 bits per heavy atom.